The van der Waals surface area contributed by atoms with Crippen LogP contribution in [0.4, 0.5) is 0 Å². The molecular formula is C36H30NO4P. The van der Waals surface area contributed by atoms with E-state index in [0.29, 0.717) is 39.8 Å². The number of likely N-dealkylation sites (N-methyl/N-ethyl adjacent to an activating group) is 1. The third-order valence-corrected chi connectivity index (χ3v) is 12.1. The number of allylic oxidation sites excluding steroid dienone is 2. The van der Waals surface area contributed by atoms with Gasteiger partial charge in [0.25, 0.3) is 5.91 Å². The molecule has 0 N–H and O–H groups in total. The van der Waals surface area contributed by atoms with Crippen molar-refractivity contribution >= 4 is 51.3 Å². The third kappa shape index (κ3) is 4.20. The molecule has 1 heterocycles. The molecule has 6 rings (SSSR count). The number of fused-ring (bicyclic) bond motifs is 1. The van der Waals surface area contributed by atoms with E-state index < -0.39 is 12.9 Å². The van der Waals surface area contributed by atoms with E-state index in [1.807, 2.05) is 73.7 Å². The maximum Gasteiger partial charge on any atom is 0.331 e. The van der Waals surface area contributed by atoms with Crippen molar-refractivity contribution in [3.05, 3.63) is 144 Å². The van der Waals surface area contributed by atoms with Gasteiger partial charge in [-0.15, -0.1) is 0 Å². The molecule has 0 unspecified atom stereocenters. The Morgan fingerprint density at radius 3 is 1.67 bits per heavy atom. The molecule has 208 valence electrons. The van der Waals surface area contributed by atoms with Gasteiger partial charge in [0.05, 0.1) is 11.9 Å². The molecule has 0 aromatic heterocycles. The van der Waals surface area contributed by atoms with Crippen LogP contribution < -0.4 is 15.9 Å². The quantitative estimate of drug-likeness (QED) is 0.183. The topological polar surface area (TPSA) is 63.7 Å². The highest BCUT2D eigenvalue weighted by Crippen LogP contribution is 2.53. The van der Waals surface area contributed by atoms with Crippen LogP contribution in [-0.4, -0.2) is 41.0 Å². The fourth-order valence-electron chi connectivity index (χ4n) is 6.11. The van der Waals surface area contributed by atoms with Crippen LogP contribution in [0.3, 0.4) is 0 Å². The number of carbonyl (C=O) groups excluding carboxylic acids is 3. The molecule has 1 aliphatic carbocycles. The molecule has 1 aliphatic heterocycles. The number of benzene rings is 4. The van der Waals surface area contributed by atoms with Crippen LogP contribution in [0, 0.1) is 0 Å². The number of esters is 1. The van der Waals surface area contributed by atoms with Crippen LogP contribution in [0.1, 0.15) is 29.8 Å². The van der Waals surface area contributed by atoms with Crippen molar-refractivity contribution in [2.24, 2.45) is 0 Å². The number of carbonyl (C=O) groups is 3. The van der Waals surface area contributed by atoms with E-state index in [0.717, 1.165) is 15.9 Å². The van der Waals surface area contributed by atoms with Crippen molar-refractivity contribution < 1.29 is 19.1 Å². The van der Waals surface area contributed by atoms with Crippen LogP contribution in [0.25, 0.3) is 5.57 Å². The predicted octanol–water partition coefficient (Wildman–Crippen LogP) is 5.11. The number of amides is 1. The third-order valence-electron chi connectivity index (χ3n) is 7.77. The summed E-state index contributed by atoms with van der Waals surface area (Å²) in [5.41, 5.74) is 2.44. The maximum absolute atomic E-state index is 14.9. The molecule has 2 aliphatic rings. The van der Waals surface area contributed by atoms with E-state index >= 15 is 0 Å². The second kappa shape index (κ2) is 11.3. The molecule has 0 bridgehead atoms. The number of Topliss-reactive ketones (excluding diaryl/α,β-unsaturated/α-hetero) is 1. The highest BCUT2D eigenvalue weighted by Gasteiger charge is 2.48. The van der Waals surface area contributed by atoms with Crippen LogP contribution in [-0.2, 0) is 14.3 Å². The lowest BCUT2D eigenvalue weighted by molar-refractivity contribution is -0.137. The van der Waals surface area contributed by atoms with Crippen molar-refractivity contribution in [3.63, 3.8) is 0 Å². The summed E-state index contributed by atoms with van der Waals surface area (Å²) >= 11 is 0. The van der Waals surface area contributed by atoms with E-state index in [4.69, 9.17) is 4.74 Å². The molecule has 0 saturated heterocycles. The molecule has 0 saturated carbocycles. The lowest BCUT2D eigenvalue weighted by Gasteiger charge is -2.32. The lowest BCUT2D eigenvalue weighted by atomic mass is 9.83. The normalized spacial score (nSPS) is 15.6. The standard InChI is InChI=1S/C36H30NO4P/c1-3-37-33-32(30(24-31(38)41-4-2)28-22-14-15-23-29(28)34(33)39)35(36(37)40)42(25-16-8-5-9-17-25,26-18-10-6-11-19-26)27-20-12-7-13-21-27/h5-24H,3-4H2,1-2H3/b30-24+. The molecule has 4 aromatic carbocycles. The first kappa shape index (κ1) is 27.4. The molecule has 4 aromatic rings. The molecule has 6 heteroatoms. The Kier molecular flexibility index (Phi) is 7.36. The second-order valence-corrected chi connectivity index (χ2v) is 13.3. The summed E-state index contributed by atoms with van der Waals surface area (Å²) < 4.78 is 5.37. The molecular weight excluding hydrogens is 541 g/mol. The highest BCUT2D eigenvalue weighted by atomic mass is 31.2. The number of hydrogen-bond donors (Lipinski definition) is 0. The van der Waals surface area contributed by atoms with Crippen LogP contribution >= 0.6 is 6.89 Å². The van der Waals surface area contributed by atoms with Crippen molar-refractivity contribution in [1.29, 1.82) is 0 Å². The van der Waals surface area contributed by atoms with E-state index in [9.17, 15) is 14.4 Å². The number of nitrogens with zero attached hydrogens (tertiary/aromatic N) is 1. The van der Waals surface area contributed by atoms with Gasteiger partial charge in [0.15, 0.2) is 0 Å². The van der Waals surface area contributed by atoms with Crippen molar-refractivity contribution in [2.75, 3.05) is 13.2 Å². The Labute approximate surface area is 245 Å². The highest BCUT2D eigenvalue weighted by molar-refractivity contribution is 7.97. The van der Waals surface area contributed by atoms with Gasteiger partial charge in [0.2, 0.25) is 5.78 Å². The SMILES string of the molecule is CCOC(=O)/C=C1/C2=C(C(=O)c3ccccc31)N(CC)C(=O)C2=P(c1ccccc1)(c1ccccc1)c1ccccc1. The minimum atomic E-state index is -2.91. The molecule has 5 nitrogen and oxygen atoms in total. The monoisotopic (exact) mass is 571 g/mol. The number of hydrogen-bond acceptors (Lipinski definition) is 4. The fraction of sp³-hybridized carbons (Fsp3) is 0.111. The van der Waals surface area contributed by atoms with Crippen molar-refractivity contribution in [2.45, 2.75) is 13.8 Å². The van der Waals surface area contributed by atoms with E-state index in [1.165, 1.54) is 6.08 Å². The summed E-state index contributed by atoms with van der Waals surface area (Å²) in [7, 11) is 0. The number of rotatable bonds is 6. The van der Waals surface area contributed by atoms with Crippen LogP contribution in [0.15, 0.2) is 133 Å². The molecule has 0 fully saturated rings. The zero-order valence-corrected chi connectivity index (χ0v) is 24.4. The smallest absolute Gasteiger partial charge is 0.331 e. The Morgan fingerprint density at radius 2 is 1.19 bits per heavy atom. The lowest BCUT2D eigenvalue weighted by Crippen LogP contribution is -2.36. The molecule has 1 amide bonds. The van der Waals surface area contributed by atoms with E-state index in [-0.39, 0.29) is 18.3 Å². The van der Waals surface area contributed by atoms with Gasteiger partial charge >= 0.3 is 5.97 Å². The minimum Gasteiger partial charge on any atom is -0.463 e. The zero-order valence-electron chi connectivity index (χ0n) is 23.5. The van der Waals surface area contributed by atoms with Gasteiger partial charge in [-0.05, 0) is 47.8 Å². The average molecular weight is 572 g/mol. The van der Waals surface area contributed by atoms with Gasteiger partial charge in [-0.3, -0.25) is 9.59 Å². The van der Waals surface area contributed by atoms with Gasteiger partial charge < -0.3 is 9.64 Å². The van der Waals surface area contributed by atoms with Crippen LogP contribution in [0.5, 0.6) is 0 Å². The molecule has 42 heavy (non-hydrogen) atoms. The number of ketones is 1. The summed E-state index contributed by atoms with van der Waals surface area (Å²) in [6, 6.07) is 37.4. The Morgan fingerprint density at radius 1 is 0.714 bits per heavy atom. The van der Waals surface area contributed by atoms with Gasteiger partial charge in [-0.25, -0.2) is 4.79 Å². The number of ether oxygens (including phenoxy) is 1. The summed E-state index contributed by atoms with van der Waals surface area (Å²) in [4.78, 5) is 43.8. The first-order valence-electron chi connectivity index (χ1n) is 14.1. The van der Waals surface area contributed by atoms with Crippen molar-refractivity contribution in [3.8, 4) is 0 Å². The average Bonchev–Trinajstić information content (AvgIpc) is 3.33. The Balaban J connectivity index is 1.88. The Bertz CT molecular complexity index is 1720. The summed E-state index contributed by atoms with van der Waals surface area (Å²) in [6.45, 7) is 1.24. The largest absolute Gasteiger partial charge is 0.463 e. The minimum absolute atomic E-state index is 0.209. The van der Waals surface area contributed by atoms with Gasteiger partial charge in [0.1, 0.15) is 5.70 Å². The summed E-state index contributed by atoms with van der Waals surface area (Å²) in [6.07, 6.45) is 1.45. The predicted molar refractivity (Wildman–Crippen MR) is 170 cm³/mol. The van der Waals surface area contributed by atoms with Gasteiger partial charge in [-0.2, -0.15) is 0 Å². The first-order valence-corrected chi connectivity index (χ1v) is 15.9. The molecule has 0 spiro atoms. The fourth-order valence-corrected chi connectivity index (χ4v) is 10.6. The van der Waals surface area contributed by atoms with Crippen LogP contribution in [0.2, 0.25) is 0 Å². The molecule has 0 radical (unpaired) electrons. The maximum atomic E-state index is 14.9. The second-order valence-electron chi connectivity index (χ2n) is 9.98. The van der Waals surface area contributed by atoms with Gasteiger partial charge in [-0.1, -0.05) is 115 Å². The molecule has 0 atom stereocenters. The van der Waals surface area contributed by atoms with Gasteiger partial charge in [0, 0.05) is 23.8 Å². The van der Waals surface area contributed by atoms with E-state index in [2.05, 4.69) is 36.4 Å². The zero-order chi connectivity index (χ0) is 29.3. The summed E-state index contributed by atoms with van der Waals surface area (Å²) in [5, 5.41) is 3.49. The summed E-state index contributed by atoms with van der Waals surface area (Å²) in [5.74, 6) is -0.962. The van der Waals surface area contributed by atoms with Crippen molar-refractivity contribution in [1.82, 2.24) is 4.90 Å². The van der Waals surface area contributed by atoms with E-state index in [1.54, 1.807) is 24.0 Å². The first-order chi connectivity index (χ1) is 20.5. The Hall–Kier alpha value is -4.73.